The Morgan fingerprint density at radius 3 is 2.47 bits per heavy atom. The van der Waals surface area contributed by atoms with Crippen LogP contribution in [0.25, 0.3) is 0 Å². The summed E-state index contributed by atoms with van der Waals surface area (Å²) in [6, 6.07) is 10.3. The number of aryl methyl sites for hydroxylation is 1. The van der Waals surface area contributed by atoms with Gasteiger partial charge in [-0.3, -0.25) is 9.59 Å². The van der Waals surface area contributed by atoms with E-state index in [-0.39, 0.29) is 18.4 Å². The van der Waals surface area contributed by atoms with Crippen LogP contribution in [0.5, 0.6) is 11.5 Å². The van der Waals surface area contributed by atoms with Crippen molar-refractivity contribution in [2.75, 3.05) is 32.1 Å². The first-order valence-electron chi connectivity index (χ1n) is 10.1. The fourth-order valence-corrected chi connectivity index (χ4v) is 3.60. The molecule has 1 aliphatic rings. The molecule has 3 rings (SSSR count). The summed E-state index contributed by atoms with van der Waals surface area (Å²) in [5.74, 6) is 0.423. The van der Waals surface area contributed by atoms with Crippen molar-refractivity contribution in [3.8, 4) is 11.5 Å². The first-order chi connectivity index (χ1) is 14.5. The molecule has 160 valence electrons. The minimum atomic E-state index is -0.354. The normalized spacial score (nSPS) is 14.0. The molecule has 30 heavy (non-hydrogen) atoms. The third kappa shape index (κ3) is 5.45. The van der Waals surface area contributed by atoms with Crippen molar-refractivity contribution < 1.29 is 19.1 Å². The van der Waals surface area contributed by atoms with Crippen LogP contribution >= 0.6 is 11.6 Å². The van der Waals surface area contributed by atoms with E-state index in [0.29, 0.717) is 27.8 Å². The molecule has 0 aliphatic carbocycles. The summed E-state index contributed by atoms with van der Waals surface area (Å²) >= 11 is 6.14. The number of carbonyl (C=O) groups is 2. The maximum absolute atomic E-state index is 12.9. The molecule has 0 radical (unpaired) electrons. The number of benzene rings is 2. The van der Waals surface area contributed by atoms with E-state index in [9.17, 15) is 9.59 Å². The number of amides is 2. The summed E-state index contributed by atoms with van der Waals surface area (Å²) in [5.41, 5.74) is 1.68. The predicted octanol–water partition coefficient (Wildman–Crippen LogP) is 4.69. The van der Waals surface area contributed by atoms with Crippen molar-refractivity contribution >= 4 is 29.1 Å². The first kappa shape index (κ1) is 22.0. The molecular formula is C23H27ClN2O4. The Balaban J connectivity index is 1.71. The lowest BCUT2D eigenvalue weighted by Gasteiger charge is -2.21. The second kappa shape index (κ2) is 10.3. The molecule has 0 spiro atoms. The first-order valence-corrected chi connectivity index (χ1v) is 10.5. The second-order valence-corrected chi connectivity index (χ2v) is 7.74. The number of rotatable bonds is 6. The lowest BCUT2D eigenvalue weighted by Crippen LogP contribution is -2.35. The molecule has 0 unspecified atom stereocenters. The van der Waals surface area contributed by atoms with Crippen LogP contribution in [0.1, 0.15) is 41.6 Å². The molecule has 0 saturated carbocycles. The fourth-order valence-electron chi connectivity index (χ4n) is 3.45. The number of methoxy groups -OCH3 is 1. The Labute approximate surface area is 182 Å². The zero-order chi connectivity index (χ0) is 21.5. The maximum atomic E-state index is 12.9. The van der Waals surface area contributed by atoms with Crippen LogP contribution in [0.15, 0.2) is 36.4 Å². The van der Waals surface area contributed by atoms with E-state index in [0.717, 1.165) is 44.3 Å². The topological polar surface area (TPSA) is 67.9 Å². The highest BCUT2D eigenvalue weighted by molar-refractivity contribution is 6.31. The number of para-hydroxylation sites is 1. The van der Waals surface area contributed by atoms with Gasteiger partial charge < -0.3 is 19.7 Å². The van der Waals surface area contributed by atoms with Crippen molar-refractivity contribution in [3.63, 3.8) is 0 Å². The van der Waals surface area contributed by atoms with Crippen molar-refractivity contribution in [1.29, 1.82) is 0 Å². The molecular weight excluding hydrogens is 404 g/mol. The Hall–Kier alpha value is -2.73. The monoisotopic (exact) mass is 430 g/mol. The van der Waals surface area contributed by atoms with Gasteiger partial charge in [0.05, 0.1) is 18.4 Å². The number of hydrogen-bond acceptors (Lipinski definition) is 4. The smallest absolute Gasteiger partial charge is 0.260 e. The quantitative estimate of drug-likeness (QED) is 0.721. The van der Waals surface area contributed by atoms with Gasteiger partial charge in [-0.15, -0.1) is 0 Å². The molecule has 7 heteroatoms. The number of halogens is 1. The molecule has 2 aromatic rings. The van der Waals surface area contributed by atoms with E-state index < -0.39 is 0 Å². The van der Waals surface area contributed by atoms with Crippen molar-refractivity contribution in [2.24, 2.45) is 0 Å². The number of nitrogens with one attached hydrogen (secondary N) is 1. The molecule has 0 atom stereocenters. The second-order valence-electron chi connectivity index (χ2n) is 7.34. The van der Waals surface area contributed by atoms with Gasteiger partial charge in [0.15, 0.2) is 6.61 Å². The third-order valence-corrected chi connectivity index (χ3v) is 5.58. The summed E-state index contributed by atoms with van der Waals surface area (Å²) in [6.07, 6.45) is 4.35. The molecule has 1 fully saturated rings. The van der Waals surface area contributed by atoms with E-state index in [1.54, 1.807) is 36.4 Å². The molecule has 0 bridgehead atoms. The number of nitrogens with zero attached hydrogens (tertiary/aromatic N) is 1. The zero-order valence-corrected chi connectivity index (χ0v) is 18.1. The molecule has 1 heterocycles. The van der Waals surface area contributed by atoms with Crippen LogP contribution in [-0.4, -0.2) is 43.5 Å². The van der Waals surface area contributed by atoms with Gasteiger partial charge in [0, 0.05) is 24.2 Å². The van der Waals surface area contributed by atoms with E-state index in [1.807, 2.05) is 11.8 Å². The minimum Gasteiger partial charge on any atom is -0.495 e. The number of hydrogen-bond donors (Lipinski definition) is 1. The lowest BCUT2D eigenvalue weighted by atomic mass is 10.1. The van der Waals surface area contributed by atoms with Crippen LogP contribution in [0.3, 0.4) is 0 Å². The van der Waals surface area contributed by atoms with E-state index >= 15 is 0 Å². The van der Waals surface area contributed by atoms with E-state index in [1.165, 1.54) is 7.11 Å². The summed E-state index contributed by atoms with van der Waals surface area (Å²) < 4.78 is 11.1. The Morgan fingerprint density at radius 1 is 1.07 bits per heavy atom. The van der Waals surface area contributed by atoms with Crippen LogP contribution in [-0.2, 0) is 4.79 Å². The van der Waals surface area contributed by atoms with Crippen LogP contribution in [0.4, 0.5) is 5.69 Å². The molecule has 2 aromatic carbocycles. The molecule has 1 saturated heterocycles. The minimum absolute atomic E-state index is 0.0536. The standard InChI is InChI=1S/C23H27ClN2O4/c1-16-13-19(21(29-2)14-18(16)24)25-23(28)17-9-5-6-10-20(17)30-15-22(27)26-11-7-3-4-8-12-26/h5-6,9-10,13-14H,3-4,7-8,11-12,15H2,1-2H3,(H,25,28). The summed E-state index contributed by atoms with van der Waals surface area (Å²) in [6.45, 7) is 3.29. The SMILES string of the molecule is COc1cc(Cl)c(C)cc1NC(=O)c1ccccc1OCC(=O)N1CCCCCC1. The van der Waals surface area contributed by atoms with E-state index in [2.05, 4.69) is 5.32 Å². The number of carbonyl (C=O) groups excluding carboxylic acids is 2. The van der Waals surface area contributed by atoms with Crippen molar-refractivity contribution in [3.05, 3.63) is 52.5 Å². The maximum Gasteiger partial charge on any atom is 0.260 e. The van der Waals surface area contributed by atoms with Gasteiger partial charge in [-0.1, -0.05) is 36.6 Å². The Kier molecular flexibility index (Phi) is 7.57. The van der Waals surface area contributed by atoms with Crippen molar-refractivity contribution in [1.82, 2.24) is 4.90 Å². The van der Waals surface area contributed by atoms with Crippen LogP contribution in [0.2, 0.25) is 5.02 Å². The zero-order valence-electron chi connectivity index (χ0n) is 17.4. The molecule has 0 aromatic heterocycles. The van der Waals surface area contributed by atoms with Crippen LogP contribution in [0, 0.1) is 6.92 Å². The highest BCUT2D eigenvalue weighted by atomic mass is 35.5. The van der Waals surface area contributed by atoms with Gasteiger partial charge in [0.2, 0.25) is 0 Å². The summed E-state index contributed by atoms with van der Waals surface area (Å²) in [7, 11) is 1.52. The predicted molar refractivity (Wildman–Crippen MR) is 118 cm³/mol. The van der Waals surface area contributed by atoms with E-state index in [4.69, 9.17) is 21.1 Å². The van der Waals surface area contributed by atoms with Crippen LogP contribution < -0.4 is 14.8 Å². The molecule has 1 aliphatic heterocycles. The van der Waals surface area contributed by atoms with Crippen molar-refractivity contribution in [2.45, 2.75) is 32.6 Å². The van der Waals surface area contributed by atoms with Gasteiger partial charge in [0.1, 0.15) is 11.5 Å². The average Bonchev–Trinajstić information content (AvgIpc) is 3.04. The third-order valence-electron chi connectivity index (χ3n) is 5.17. The van der Waals surface area contributed by atoms with Gasteiger partial charge in [-0.2, -0.15) is 0 Å². The summed E-state index contributed by atoms with van der Waals surface area (Å²) in [5, 5.41) is 3.40. The van der Waals surface area contributed by atoms with Gasteiger partial charge in [-0.05, 0) is 43.5 Å². The molecule has 6 nitrogen and oxygen atoms in total. The van der Waals surface area contributed by atoms with Gasteiger partial charge in [-0.25, -0.2) is 0 Å². The number of ether oxygens (including phenoxy) is 2. The van der Waals surface area contributed by atoms with Gasteiger partial charge in [0.25, 0.3) is 11.8 Å². The average molecular weight is 431 g/mol. The lowest BCUT2D eigenvalue weighted by molar-refractivity contribution is -0.133. The number of anilines is 1. The largest absolute Gasteiger partial charge is 0.495 e. The summed E-state index contributed by atoms with van der Waals surface area (Å²) in [4.78, 5) is 27.3. The highest BCUT2D eigenvalue weighted by Gasteiger charge is 2.19. The Morgan fingerprint density at radius 2 is 1.77 bits per heavy atom. The van der Waals surface area contributed by atoms with Gasteiger partial charge >= 0.3 is 0 Å². The molecule has 1 N–H and O–H groups in total. The highest BCUT2D eigenvalue weighted by Crippen LogP contribution is 2.32. The number of likely N-dealkylation sites (tertiary alicyclic amines) is 1. The Bertz CT molecular complexity index is 908. The molecule has 2 amide bonds. The fraction of sp³-hybridized carbons (Fsp3) is 0.391.